The molecule has 0 saturated carbocycles. The van der Waals surface area contributed by atoms with E-state index < -0.39 is 0 Å². The van der Waals surface area contributed by atoms with Crippen molar-refractivity contribution in [1.29, 1.82) is 0 Å². The fourth-order valence-corrected chi connectivity index (χ4v) is 5.51. The Hall–Kier alpha value is -2.68. The molecule has 0 radical (unpaired) electrons. The van der Waals surface area contributed by atoms with Crippen LogP contribution in [0.1, 0.15) is 38.7 Å². The molecule has 6 nitrogen and oxygen atoms in total. The first-order valence-corrected chi connectivity index (χ1v) is 11.2. The van der Waals surface area contributed by atoms with E-state index in [1.54, 1.807) is 11.3 Å². The number of carbonyl (C=O) groups excluding carboxylic acids is 1. The summed E-state index contributed by atoms with van der Waals surface area (Å²) in [4.78, 5) is 19.7. The largest absolute Gasteiger partial charge is 0.320 e. The fraction of sp³-hybridized carbons (Fsp3) is 0.238. The predicted molar refractivity (Wildman–Crippen MR) is 116 cm³/mol. The third-order valence-electron chi connectivity index (χ3n) is 4.99. The normalized spacial score (nSPS) is 17.0. The van der Waals surface area contributed by atoms with Crippen molar-refractivity contribution in [2.45, 2.75) is 25.4 Å². The summed E-state index contributed by atoms with van der Waals surface area (Å²) in [5, 5.41) is 13.6. The van der Waals surface area contributed by atoms with Crippen LogP contribution in [0.15, 0.2) is 54.6 Å². The van der Waals surface area contributed by atoms with Crippen molar-refractivity contribution in [3.8, 4) is 0 Å². The third-order valence-corrected chi connectivity index (χ3v) is 7.03. The van der Waals surface area contributed by atoms with Crippen molar-refractivity contribution in [3.05, 3.63) is 69.6 Å². The Morgan fingerprint density at radius 1 is 1.07 bits per heavy atom. The predicted octanol–water partition coefficient (Wildman–Crippen LogP) is 4.74. The average molecular weight is 422 g/mol. The van der Waals surface area contributed by atoms with Crippen molar-refractivity contribution in [1.82, 2.24) is 20.1 Å². The van der Waals surface area contributed by atoms with E-state index >= 15 is 0 Å². The number of benzene rings is 2. The molecule has 146 valence electrons. The Bertz CT molecular complexity index is 1110. The molecule has 3 heterocycles. The number of nitrogens with one attached hydrogen (secondary N) is 1. The molecule has 0 aliphatic carbocycles. The van der Waals surface area contributed by atoms with Gasteiger partial charge in [0, 0.05) is 5.69 Å². The van der Waals surface area contributed by atoms with E-state index in [0.29, 0.717) is 17.6 Å². The molecule has 29 heavy (non-hydrogen) atoms. The van der Waals surface area contributed by atoms with Crippen LogP contribution in [0.3, 0.4) is 0 Å². The van der Waals surface area contributed by atoms with Crippen LogP contribution in [0.25, 0.3) is 10.2 Å². The smallest absolute Gasteiger partial charge is 0.286 e. The maximum Gasteiger partial charge on any atom is 0.286 e. The van der Waals surface area contributed by atoms with Crippen molar-refractivity contribution in [3.63, 3.8) is 0 Å². The maximum absolute atomic E-state index is 12.4. The number of fused-ring (bicyclic) bond motifs is 1. The number of hydrogen-bond donors (Lipinski definition) is 1. The molecule has 5 rings (SSSR count). The minimum atomic E-state index is -0.218. The number of nitrogens with zero attached hydrogens (tertiary/aromatic N) is 4. The Morgan fingerprint density at radius 3 is 2.76 bits per heavy atom. The first-order valence-electron chi connectivity index (χ1n) is 9.54. The molecule has 2 aromatic carbocycles. The number of amides is 1. The third kappa shape index (κ3) is 3.91. The minimum absolute atomic E-state index is 0.218. The summed E-state index contributed by atoms with van der Waals surface area (Å²) in [7, 11) is 0. The Balaban J connectivity index is 1.29. The number of likely N-dealkylation sites (tertiary alicyclic amines) is 1. The first-order chi connectivity index (χ1) is 14.3. The van der Waals surface area contributed by atoms with Gasteiger partial charge < -0.3 is 5.32 Å². The summed E-state index contributed by atoms with van der Waals surface area (Å²) in [6.07, 6.45) is 2.24. The zero-order valence-corrected chi connectivity index (χ0v) is 17.2. The minimum Gasteiger partial charge on any atom is -0.320 e. The number of thiazole rings is 1. The average Bonchev–Trinajstić information content (AvgIpc) is 3.48. The highest BCUT2D eigenvalue weighted by Crippen LogP contribution is 2.37. The van der Waals surface area contributed by atoms with Gasteiger partial charge in [0.1, 0.15) is 10.0 Å². The zero-order valence-electron chi connectivity index (χ0n) is 15.6. The summed E-state index contributed by atoms with van der Waals surface area (Å²) in [6.45, 7) is 1.70. The topological polar surface area (TPSA) is 71.0 Å². The van der Waals surface area contributed by atoms with Gasteiger partial charge >= 0.3 is 0 Å². The molecule has 8 heteroatoms. The van der Waals surface area contributed by atoms with Gasteiger partial charge in [0.2, 0.25) is 5.01 Å². The van der Waals surface area contributed by atoms with Gasteiger partial charge in [-0.2, -0.15) is 0 Å². The van der Waals surface area contributed by atoms with Crippen molar-refractivity contribution >= 4 is 44.5 Å². The molecule has 4 aromatic rings. The maximum atomic E-state index is 12.4. The van der Waals surface area contributed by atoms with Gasteiger partial charge in [0.15, 0.2) is 0 Å². The van der Waals surface area contributed by atoms with Crippen LogP contribution in [0.2, 0.25) is 0 Å². The molecule has 1 saturated heterocycles. The number of rotatable bonds is 5. The van der Waals surface area contributed by atoms with Crippen molar-refractivity contribution < 1.29 is 4.79 Å². The number of aromatic nitrogens is 3. The van der Waals surface area contributed by atoms with Crippen LogP contribution in [-0.2, 0) is 6.54 Å². The molecule has 0 bridgehead atoms. The summed E-state index contributed by atoms with van der Waals surface area (Å²) in [5.41, 5.74) is 1.82. The molecule has 1 fully saturated rings. The van der Waals surface area contributed by atoms with E-state index in [4.69, 9.17) is 4.98 Å². The van der Waals surface area contributed by atoms with Gasteiger partial charge in [0.25, 0.3) is 5.91 Å². The summed E-state index contributed by atoms with van der Waals surface area (Å²) >= 11 is 3.13. The quantitative estimate of drug-likeness (QED) is 0.504. The lowest BCUT2D eigenvalue weighted by molar-refractivity contribution is 0.102. The van der Waals surface area contributed by atoms with E-state index in [2.05, 4.69) is 38.6 Å². The Labute approximate surface area is 176 Å². The second-order valence-electron chi connectivity index (χ2n) is 6.97. The molecule has 1 aliphatic rings. The van der Waals surface area contributed by atoms with E-state index in [1.165, 1.54) is 16.0 Å². The van der Waals surface area contributed by atoms with Gasteiger partial charge in [0.05, 0.1) is 22.8 Å². The van der Waals surface area contributed by atoms with Gasteiger partial charge in [-0.15, -0.1) is 21.5 Å². The van der Waals surface area contributed by atoms with E-state index in [0.717, 1.165) is 40.6 Å². The lowest BCUT2D eigenvalue weighted by atomic mass is 10.2. The first kappa shape index (κ1) is 18.4. The summed E-state index contributed by atoms with van der Waals surface area (Å²) < 4.78 is 1.23. The van der Waals surface area contributed by atoms with E-state index in [-0.39, 0.29) is 5.91 Å². The monoisotopic (exact) mass is 421 g/mol. The Morgan fingerprint density at radius 2 is 1.90 bits per heavy atom. The standard InChI is InChI=1S/C21H19N5OS2/c27-19(22-14-7-2-1-3-8-14)21-25-24-18(29-21)13-26-12-6-10-16(26)20-23-15-9-4-5-11-17(15)28-20/h1-5,7-9,11,16H,6,10,12-13H2,(H,22,27). The summed E-state index contributed by atoms with van der Waals surface area (Å²) in [6, 6.07) is 18.0. The van der Waals surface area contributed by atoms with Crippen LogP contribution in [-0.4, -0.2) is 32.5 Å². The highest BCUT2D eigenvalue weighted by Gasteiger charge is 2.29. The highest BCUT2D eigenvalue weighted by molar-refractivity contribution is 7.18. The second-order valence-corrected chi connectivity index (χ2v) is 9.09. The van der Waals surface area contributed by atoms with Gasteiger partial charge in [-0.1, -0.05) is 41.7 Å². The molecule has 1 aliphatic heterocycles. The van der Waals surface area contributed by atoms with Crippen LogP contribution >= 0.6 is 22.7 Å². The van der Waals surface area contributed by atoms with Crippen LogP contribution in [0.5, 0.6) is 0 Å². The second kappa shape index (κ2) is 7.98. The van der Waals surface area contributed by atoms with Gasteiger partial charge in [-0.3, -0.25) is 9.69 Å². The number of carbonyl (C=O) groups is 1. The summed E-state index contributed by atoms with van der Waals surface area (Å²) in [5.74, 6) is -0.218. The highest BCUT2D eigenvalue weighted by atomic mass is 32.1. The zero-order chi connectivity index (χ0) is 19.6. The lowest BCUT2D eigenvalue weighted by Crippen LogP contribution is -2.22. The molecule has 1 atom stereocenters. The fourth-order valence-electron chi connectivity index (χ4n) is 3.62. The van der Waals surface area contributed by atoms with E-state index in [9.17, 15) is 4.79 Å². The number of anilines is 1. The van der Waals surface area contributed by atoms with Crippen molar-refractivity contribution in [2.24, 2.45) is 0 Å². The van der Waals surface area contributed by atoms with Crippen LogP contribution < -0.4 is 5.32 Å². The molecule has 1 unspecified atom stereocenters. The SMILES string of the molecule is O=C(Nc1ccccc1)c1nnc(CN2CCCC2c2nc3ccccc3s2)s1. The molecule has 1 amide bonds. The molecular formula is C21H19N5OS2. The molecule has 0 spiro atoms. The van der Waals surface area contributed by atoms with Crippen LogP contribution in [0.4, 0.5) is 5.69 Å². The van der Waals surface area contributed by atoms with E-state index in [1.807, 2.05) is 36.4 Å². The lowest BCUT2D eigenvalue weighted by Gasteiger charge is -2.21. The molecule has 2 aromatic heterocycles. The number of hydrogen-bond acceptors (Lipinski definition) is 7. The van der Waals surface area contributed by atoms with Gasteiger partial charge in [-0.25, -0.2) is 4.98 Å². The van der Waals surface area contributed by atoms with Crippen LogP contribution in [0, 0.1) is 0 Å². The Kier molecular flexibility index (Phi) is 5.05. The number of para-hydroxylation sites is 2. The van der Waals surface area contributed by atoms with Gasteiger partial charge in [-0.05, 0) is 43.7 Å². The molecule has 1 N–H and O–H groups in total. The van der Waals surface area contributed by atoms with Crippen molar-refractivity contribution in [2.75, 3.05) is 11.9 Å². The molecular weight excluding hydrogens is 402 g/mol.